The Bertz CT molecular complexity index is 1090. The average molecular weight is 440 g/mol. The molecule has 1 aromatic heterocycles. The highest BCUT2D eigenvalue weighted by Gasteiger charge is 2.31. The second-order valence-electron chi connectivity index (χ2n) is 7.11. The molecule has 162 valence electrons. The van der Waals surface area contributed by atoms with Crippen molar-refractivity contribution in [1.29, 1.82) is 0 Å². The number of ether oxygens (including phenoxy) is 4. The van der Waals surface area contributed by atoms with Gasteiger partial charge in [-0.1, -0.05) is 12.1 Å². The van der Waals surface area contributed by atoms with Gasteiger partial charge in [0, 0.05) is 23.1 Å². The summed E-state index contributed by atoms with van der Waals surface area (Å²) in [7, 11) is 6.51. The zero-order valence-corrected chi connectivity index (χ0v) is 19.0. The normalized spacial score (nSPS) is 15.6. The molecule has 7 nitrogen and oxygen atoms in total. The van der Waals surface area contributed by atoms with Crippen LogP contribution in [-0.2, 0) is 0 Å². The molecule has 31 heavy (non-hydrogen) atoms. The zero-order chi connectivity index (χ0) is 22.0. The molecule has 1 aliphatic rings. The van der Waals surface area contributed by atoms with Crippen molar-refractivity contribution in [3.8, 4) is 34.3 Å². The van der Waals surface area contributed by atoms with Crippen LogP contribution in [0.25, 0.3) is 11.3 Å². The summed E-state index contributed by atoms with van der Waals surface area (Å²) >= 11 is 1.56. The highest BCUT2D eigenvalue weighted by molar-refractivity contribution is 7.14. The van der Waals surface area contributed by atoms with E-state index >= 15 is 0 Å². The van der Waals surface area contributed by atoms with Gasteiger partial charge in [-0.3, -0.25) is 0 Å². The van der Waals surface area contributed by atoms with E-state index < -0.39 is 0 Å². The van der Waals surface area contributed by atoms with E-state index in [2.05, 4.69) is 0 Å². The SMILES string of the molecule is COc1cccc(-c2csc(N3N=C(C)C[C@H]3c3cc(OC)c(OC)c(OC)c3)n2)c1. The number of hydrogen-bond acceptors (Lipinski definition) is 8. The molecule has 4 rings (SSSR count). The van der Waals surface area contributed by atoms with Crippen molar-refractivity contribution < 1.29 is 18.9 Å². The maximum absolute atomic E-state index is 5.54. The molecule has 3 aromatic rings. The van der Waals surface area contributed by atoms with Crippen LogP contribution in [0.5, 0.6) is 23.0 Å². The molecule has 0 saturated heterocycles. The Balaban J connectivity index is 1.70. The Morgan fingerprint density at radius 2 is 1.71 bits per heavy atom. The molecule has 1 aliphatic heterocycles. The zero-order valence-electron chi connectivity index (χ0n) is 18.2. The lowest BCUT2D eigenvalue weighted by atomic mass is 10.0. The molecule has 0 radical (unpaired) electrons. The molecule has 0 amide bonds. The second-order valence-corrected chi connectivity index (χ2v) is 7.94. The molecular weight excluding hydrogens is 414 g/mol. The number of aromatic nitrogens is 1. The van der Waals surface area contributed by atoms with Gasteiger partial charge in [0.2, 0.25) is 10.9 Å². The minimum atomic E-state index is -0.0157. The molecule has 0 N–H and O–H groups in total. The van der Waals surface area contributed by atoms with Gasteiger partial charge in [-0.2, -0.15) is 5.10 Å². The predicted molar refractivity (Wildman–Crippen MR) is 123 cm³/mol. The maximum Gasteiger partial charge on any atom is 0.207 e. The summed E-state index contributed by atoms with van der Waals surface area (Å²) in [5.41, 5.74) is 3.96. The topological polar surface area (TPSA) is 65.4 Å². The van der Waals surface area contributed by atoms with Gasteiger partial charge in [0.05, 0.1) is 40.2 Å². The molecule has 0 aliphatic carbocycles. The molecule has 2 aromatic carbocycles. The Kier molecular flexibility index (Phi) is 5.99. The molecular formula is C23H25N3O4S. The number of hydrazone groups is 1. The van der Waals surface area contributed by atoms with Crippen molar-refractivity contribution in [3.63, 3.8) is 0 Å². The van der Waals surface area contributed by atoms with Gasteiger partial charge in [-0.25, -0.2) is 9.99 Å². The third-order valence-electron chi connectivity index (χ3n) is 5.19. The van der Waals surface area contributed by atoms with E-state index in [1.54, 1.807) is 39.8 Å². The van der Waals surface area contributed by atoms with Crippen LogP contribution < -0.4 is 24.0 Å². The molecule has 0 spiro atoms. The van der Waals surface area contributed by atoms with Crippen LogP contribution in [0.15, 0.2) is 46.9 Å². The first-order valence-electron chi connectivity index (χ1n) is 9.81. The van der Waals surface area contributed by atoms with Gasteiger partial charge in [0.25, 0.3) is 0 Å². The third-order valence-corrected chi connectivity index (χ3v) is 6.02. The van der Waals surface area contributed by atoms with E-state index in [0.717, 1.165) is 39.8 Å². The highest BCUT2D eigenvalue weighted by Crippen LogP contribution is 2.44. The summed E-state index contributed by atoms with van der Waals surface area (Å²) in [5, 5.41) is 9.62. The quantitative estimate of drug-likeness (QED) is 0.506. The lowest BCUT2D eigenvalue weighted by molar-refractivity contribution is 0.323. The van der Waals surface area contributed by atoms with E-state index in [0.29, 0.717) is 17.2 Å². The Hall–Kier alpha value is -3.26. The van der Waals surface area contributed by atoms with Gasteiger partial charge in [0.15, 0.2) is 11.5 Å². The van der Waals surface area contributed by atoms with E-state index in [1.807, 2.05) is 53.7 Å². The summed E-state index contributed by atoms with van der Waals surface area (Å²) in [5.74, 6) is 2.62. The van der Waals surface area contributed by atoms with Crippen molar-refractivity contribution in [2.24, 2.45) is 5.10 Å². The van der Waals surface area contributed by atoms with Crippen LogP contribution in [0.3, 0.4) is 0 Å². The van der Waals surface area contributed by atoms with Crippen LogP contribution in [-0.4, -0.2) is 39.1 Å². The summed E-state index contributed by atoms with van der Waals surface area (Å²) in [6.45, 7) is 2.03. The summed E-state index contributed by atoms with van der Waals surface area (Å²) < 4.78 is 21.9. The van der Waals surface area contributed by atoms with Gasteiger partial charge in [-0.05, 0) is 36.8 Å². The van der Waals surface area contributed by atoms with Crippen molar-refractivity contribution in [1.82, 2.24) is 4.98 Å². The molecule has 0 fully saturated rings. The third kappa shape index (κ3) is 4.03. The van der Waals surface area contributed by atoms with Crippen molar-refractivity contribution in [2.45, 2.75) is 19.4 Å². The number of anilines is 1. The summed E-state index contributed by atoms with van der Waals surface area (Å²) in [6.07, 6.45) is 0.784. The molecule has 2 heterocycles. The van der Waals surface area contributed by atoms with Gasteiger partial charge < -0.3 is 18.9 Å². The minimum absolute atomic E-state index is 0.0157. The van der Waals surface area contributed by atoms with Gasteiger partial charge in [-0.15, -0.1) is 11.3 Å². The maximum atomic E-state index is 5.54. The van der Waals surface area contributed by atoms with Crippen LogP contribution in [0.4, 0.5) is 5.13 Å². The van der Waals surface area contributed by atoms with Crippen molar-refractivity contribution >= 4 is 22.2 Å². The van der Waals surface area contributed by atoms with E-state index in [-0.39, 0.29) is 6.04 Å². The first-order chi connectivity index (χ1) is 15.1. The van der Waals surface area contributed by atoms with Crippen molar-refractivity contribution in [3.05, 3.63) is 47.3 Å². The standard InChI is InChI=1S/C23H25N3O4S/c1-14-9-19(16-11-20(28-3)22(30-5)21(12-16)29-4)26(25-14)23-24-18(13-31-23)15-7-6-8-17(10-15)27-2/h6-8,10-13,19H,9H2,1-5H3/t19-/m0/s1. The average Bonchev–Trinajstić information content (AvgIpc) is 3.44. The van der Waals surface area contributed by atoms with Gasteiger partial charge >= 0.3 is 0 Å². The number of methoxy groups -OCH3 is 4. The predicted octanol–water partition coefficient (Wildman–Crippen LogP) is 5.17. The second kappa shape index (κ2) is 8.85. The van der Waals surface area contributed by atoms with E-state index in [4.69, 9.17) is 29.0 Å². The first kappa shape index (κ1) is 21.0. The fourth-order valence-electron chi connectivity index (χ4n) is 3.67. The number of rotatable bonds is 7. The largest absolute Gasteiger partial charge is 0.497 e. The minimum Gasteiger partial charge on any atom is -0.497 e. The number of benzene rings is 2. The molecule has 0 bridgehead atoms. The molecule has 0 unspecified atom stereocenters. The summed E-state index contributed by atoms with van der Waals surface area (Å²) in [6, 6.07) is 11.8. The Morgan fingerprint density at radius 1 is 0.968 bits per heavy atom. The monoisotopic (exact) mass is 439 g/mol. The lowest BCUT2D eigenvalue weighted by Gasteiger charge is -2.23. The van der Waals surface area contributed by atoms with Crippen LogP contribution in [0, 0.1) is 0 Å². The highest BCUT2D eigenvalue weighted by atomic mass is 32.1. The fourth-order valence-corrected chi connectivity index (χ4v) is 4.51. The molecule has 8 heteroatoms. The summed E-state index contributed by atoms with van der Waals surface area (Å²) in [4.78, 5) is 4.86. The van der Waals surface area contributed by atoms with Gasteiger partial charge in [0.1, 0.15) is 5.75 Å². The Morgan fingerprint density at radius 3 is 2.35 bits per heavy atom. The van der Waals surface area contributed by atoms with E-state index in [1.165, 1.54) is 0 Å². The Labute approximate surface area is 185 Å². The number of hydrogen-bond donors (Lipinski definition) is 0. The molecule has 0 saturated carbocycles. The first-order valence-corrected chi connectivity index (χ1v) is 10.7. The number of nitrogens with zero attached hydrogens (tertiary/aromatic N) is 3. The van der Waals surface area contributed by atoms with Crippen LogP contribution in [0.2, 0.25) is 0 Å². The van der Waals surface area contributed by atoms with Crippen LogP contribution >= 0.6 is 11.3 Å². The smallest absolute Gasteiger partial charge is 0.207 e. The number of thiazole rings is 1. The molecule has 1 atom stereocenters. The van der Waals surface area contributed by atoms with Crippen molar-refractivity contribution in [2.75, 3.05) is 33.4 Å². The van der Waals surface area contributed by atoms with Crippen LogP contribution in [0.1, 0.15) is 24.9 Å². The fraction of sp³-hybridized carbons (Fsp3) is 0.304. The lowest BCUT2D eigenvalue weighted by Crippen LogP contribution is -2.18. The van der Waals surface area contributed by atoms with E-state index in [9.17, 15) is 0 Å².